The lowest BCUT2D eigenvalue weighted by atomic mass is 10.1. The second kappa shape index (κ2) is 8.90. The number of hydrogen-bond donors (Lipinski definition) is 1. The predicted molar refractivity (Wildman–Crippen MR) is 122 cm³/mol. The van der Waals surface area contributed by atoms with Crippen molar-refractivity contribution in [3.8, 4) is 22.9 Å². The molecule has 0 fully saturated rings. The zero-order valence-electron chi connectivity index (χ0n) is 16.1. The molecular weight excluding hydrogens is 468 g/mol. The second-order valence-corrected chi connectivity index (χ2v) is 7.79. The summed E-state index contributed by atoms with van der Waals surface area (Å²) in [7, 11) is 0. The smallest absolute Gasteiger partial charge is 0.259 e. The monoisotopic (exact) mass is 484 g/mol. The van der Waals surface area contributed by atoms with Gasteiger partial charge in [0.1, 0.15) is 12.4 Å². The Balaban J connectivity index is 1.73. The van der Waals surface area contributed by atoms with Crippen LogP contribution in [0.5, 0.6) is 11.5 Å². The highest BCUT2D eigenvalue weighted by atomic mass is 79.9. The zero-order valence-corrected chi connectivity index (χ0v) is 18.5. The van der Waals surface area contributed by atoms with Crippen LogP contribution < -0.4 is 15.0 Å². The van der Waals surface area contributed by atoms with E-state index in [1.807, 2.05) is 61.5 Å². The summed E-state index contributed by atoms with van der Waals surface area (Å²) in [6, 6.07) is 18.4. The standard InChI is InChI=1S/C23H18BrClN2O3/c1-2-29-20-11-16(22-26-19-10-6-4-8-15(19)23(28)27-22)17(24)12-21(20)30-13-14-7-3-5-9-18(14)25/h3-12H,2,13H2,1H3,(H,26,27,28). The van der Waals surface area contributed by atoms with Crippen LogP contribution in [0.25, 0.3) is 22.3 Å². The van der Waals surface area contributed by atoms with Gasteiger partial charge in [-0.15, -0.1) is 0 Å². The molecule has 4 rings (SSSR count). The van der Waals surface area contributed by atoms with Gasteiger partial charge in [-0.3, -0.25) is 4.79 Å². The molecule has 0 amide bonds. The Morgan fingerprint density at radius 1 is 1.03 bits per heavy atom. The Bertz CT molecular complexity index is 1270. The van der Waals surface area contributed by atoms with Crippen molar-refractivity contribution in [1.82, 2.24) is 9.97 Å². The number of aromatic amines is 1. The predicted octanol–water partition coefficient (Wildman–Crippen LogP) is 5.98. The topological polar surface area (TPSA) is 64.2 Å². The number of benzene rings is 3. The van der Waals surface area contributed by atoms with Crippen molar-refractivity contribution >= 4 is 38.4 Å². The number of hydrogen-bond acceptors (Lipinski definition) is 4. The molecule has 30 heavy (non-hydrogen) atoms. The third kappa shape index (κ3) is 4.20. The normalized spacial score (nSPS) is 10.9. The zero-order chi connectivity index (χ0) is 21.1. The van der Waals surface area contributed by atoms with Crippen molar-refractivity contribution in [3.63, 3.8) is 0 Å². The number of rotatable bonds is 6. The van der Waals surface area contributed by atoms with Crippen LogP contribution in [0.1, 0.15) is 12.5 Å². The first-order valence-electron chi connectivity index (χ1n) is 9.38. The minimum absolute atomic E-state index is 0.195. The van der Waals surface area contributed by atoms with E-state index in [4.69, 9.17) is 21.1 Å². The molecule has 0 spiro atoms. The van der Waals surface area contributed by atoms with Crippen LogP contribution in [0.2, 0.25) is 5.02 Å². The van der Waals surface area contributed by atoms with E-state index in [0.717, 1.165) is 10.0 Å². The number of nitrogens with one attached hydrogen (secondary N) is 1. The molecule has 1 N–H and O–H groups in total. The summed E-state index contributed by atoms with van der Waals surface area (Å²) in [5.74, 6) is 1.57. The van der Waals surface area contributed by atoms with Crippen LogP contribution in [0.15, 0.2) is 69.9 Å². The van der Waals surface area contributed by atoms with E-state index in [1.165, 1.54) is 0 Å². The first-order chi connectivity index (χ1) is 14.6. The Labute approximate surface area is 186 Å². The van der Waals surface area contributed by atoms with E-state index in [2.05, 4.69) is 25.9 Å². The molecule has 0 unspecified atom stereocenters. The largest absolute Gasteiger partial charge is 0.490 e. The van der Waals surface area contributed by atoms with Gasteiger partial charge in [0.15, 0.2) is 11.5 Å². The SMILES string of the molecule is CCOc1cc(-c2nc3ccccc3c(=O)[nH]2)c(Br)cc1OCc1ccccc1Cl. The number of aromatic nitrogens is 2. The van der Waals surface area contributed by atoms with E-state index in [0.29, 0.717) is 52.0 Å². The third-order valence-corrected chi connectivity index (χ3v) is 5.57. The Kier molecular flexibility index (Phi) is 6.06. The van der Waals surface area contributed by atoms with E-state index >= 15 is 0 Å². The second-order valence-electron chi connectivity index (χ2n) is 6.52. The molecule has 152 valence electrons. The van der Waals surface area contributed by atoms with Gasteiger partial charge in [-0.25, -0.2) is 4.98 Å². The highest BCUT2D eigenvalue weighted by molar-refractivity contribution is 9.10. The summed E-state index contributed by atoms with van der Waals surface area (Å²) >= 11 is 9.80. The summed E-state index contributed by atoms with van der Waals surface area (Å²) < 4.78 is 12.5. The molecular formula is C23H18BrClN2O3. The highest BCUT2D eigenvalue weighted by Crippen LogP contribution is 2.38. The molecule has 0 saturated heterocycles. The minimum atomic E-state index is -0.195. The minimum Gasteiger partial charge on any atom is -0.490 e. The van der Waals surface area contributed by atoms with Gasteiger partial charge in [0, 0.05) is 20.6 Å². The van der Waals surface area contributed by atoms with Gasteiger partial charge in [0.05, 0.1) is 17.5 Å². The van der Waals surface area contributed by atoms with Gasteiger partial charge < -0.3 is 14.5 Å². The lowest BCUT2D eigenvalue weighted by Crippen LogP contribution is -2.10. The van der Waals surface area contributed by atoms with Gasteiger partial charge >= 0.3 is 0 Å². The van der Waals surface area contributed by atoms with Crippen LogP contribution in [-0.2, 0) is 6.61 Å². The molecule has 0 aliphatic carbocycles. The average Bonchev–Trinajstić information content (AvgIpc) is 2.74. The van der Waals surface area contributed by atoms with Crippen molar-refractivity contribution in [2.24, 2.45) is 0 Å². The Morgan fingerprint density at radius 3 is 2.57 bits per heavy atom. The summed E-state index contributed by atoms with van der Waals surface area (Å²) in [4.78, 5) is 19.9. The van der Waals surface area contributed by atoms with Gasteiger partial charge in [-0.2, -0.15) is 0 Å². The fourth-order valence-corrected chi connectivity index (χ4v) is 3.78. The molecule has 4 aromatic rings. The van der Waals surface area contributed by atoms with Crippen molar-refractivity contribution in [2.75, 3.05) is 6.61 Å². The first kappa shape index (κ1) is 20.4. The summed E-state index contributed by atoms with van der Waals surface area (Å²) in [5.41, 5.74) is 2.01. The number of ether oxygens (including phenoxy) is 2. The van der Waals surface area contributed by atoms with E-state index in [-0.39, 0.29) is 5.56 Å². The number of halogens is 2. The highest BCUT2D eigenvalue weighted by Gasteiger charge is 2.15. The van der Waals surface area contributed by atoms with Crippen LogP contribution in [0.3, 0.4) is 0 Å². The lowest BCUT2D eigenvalue weighted by Gasteiger charge is -2.15. The molecule has 7 heteroatoms. The Hall–Kier alpha value is -2.83. The molecule has 0 bridgehead atoms. The molecule has 0 aliphatic rings. The van der Waals surface area contributed by atoms with Crippen LogP contribution in [0.4, 0.5) is 0 Å². The molecule has 3 aromatic carbocycles. The number of para-hydroxylation sites is 1. The molecule has 0 aliphatic heterocycles. The third-order valence-electron chi connectivity index (χ3n) is 4.54. The quantitative estimate of drug-likeness (QED) is 0.365. The maximum Gasteiger partial charge on any atom is 0.259 e. The van der Waals surface area contributed by atoms with Crippen molar-refractivity contribution in [2.45, 2.75) is 13.5 Å². The van der Waals surface area contributed by atoms with Crippen molar-refractivity contribution < 1.29 is 9.47 Å². The van der Waals surface area contributed by atoms with Gasteiger partial charge in [0.2, 0.25) is 0 Å². The number of H-pyrrole nitrogens is 1. The van der Waals surface area contributed by atoms with Crippen LogP contribution in [-0.4, -0.2) is 16.6 Å². The van der Waals surface area contributed by atoms with E-state index in [9.17, 15) is 4.79 Å². The van der Waals surface area contributed by atoms with Crippen LogP contribution in [0, 0.1) is 0 Å². The molecule has 0 saturated carbocycles. The Morgan fingerprint density at radius 2 is 1.77 bits per heavy atom. The summed E-state index contributed by atoms with van der Waals surface area (Å²) in [6.07, 6.45) is 0. The average molecular weight is 486 g/mol. The number of fused-ring (bicyclic) bond motifs is 1. The fourth-order valence-electron chi connectivity index (χ4n) is 3.08. The fraction of sp³-hybridized carbons (Fsp3) is 0.130. The van der Waals surface area contributed by atoms with Gasteiger partial charge in [0.25, 0.3) is 5.56 Å². The molecule has 1 heterocycles. The summed E-state index contributed by atoms with van der Waals surface area (Å²) in [5, 5.41) is 1.19. The molecule has 5 nitrogen and oxygen atoms in total. The first-order valence-corrected chi connectivity index (χ1v) is 10.6. The summed E-state index contributed by atoms with van der Waals surface area (Å²) in [6.45, 7) is 2.66. The maximum atomic E-state index is 12.5. The van der Waals surface area contributed by atoms with Gasteiger partial charge in [-0.05, 0) is 53.2 Å². The maximum absolute atomic E-state index is 12.5. The molecule has 1 aromatic heterocycles. The molecule has 0 radical (unpaired) electrons. The van der Waals surface area contributed by atoms with Gasteiger partial charge in [-0.1, -0.05) is 41.9 Å². The van der Waals surface area contributed by atoms with Crippen molar-refractivity contribution in [1.29, 1.82) is 0 Å². The van der Waals surface area contributed by atoms with E-state index in [1.54, 1.807) is 6.07 Å². The van der Waals surface area contributed by atoms with E-state index < -0.39 is 0 Å². The van der Waals surface area contributed by atoms with Crippen molar-refractivity contribution in [3.05, 3.63) is 86.1 Å². The lowest BCUT2D eigenvalue weighted by molar-refractivity contribution is 0.269. The van der Waals surface area contributed by atoms with Crippen LogP contribution >= 0.6 is 27.5 Å². The number of nitrogens with zero attached hydrogens (tertiary/aromatic N) is 1. The molecule has 0 atom stereocenters.